The Balaban J connectivity index is 1.26. The van der Waals surface area contributed by atoms with E-state index in [2.05, 4.69) is 69.2 Å². The minimum Gasteiger partial charge on any atom is -0.497 e. The molecule has 30 heavy (non-hydrogen) atoms. The Labute approximate surface area is 177 Å². The summed E-state index contributed by atoms with van der Waals surface area (Å²) in [7, 11) is 3.83. The fourth-order valence-corrected chi connectivity index (χ4v) is 4.97. The second-order valence-corrected chi connectivity index (χ2v) is 8.40. The van der Waals surface area contributed by atoms with E-state index < -0.39 is 0 Å². The molecule has 2 aromatic heterocycles. The molecular weight excluding hydrogens is 374 g/mol. The summed E-state index contributed by atoms with van der Waals surface area (Å²) in [6, 6.07) is 10.7. The van der Waals surface area contributed by atoms with E-state index in [9.17, 15) is 0 Å². The molecule has 0 saturated carbocycles. The van der Waals surface area contributed by atoms with Crippen LogP contribution in [0, 0.1) is 5.92 Å². The minimum atomic E-state index is 0.308. The predicted molar refractivity (Wildman–Crippen MR) is 118 cm³/mol. The molecule has 6 nitrogen and oxygen atoms in total. The van der Waals surface area contributed by atoms with Gasteiger partial charge in [-0.2, -0.15) is 5.10 Å². The SMILES string of the molecule is COc1ccc(CCN2CCC(C3c4ccn(C)c4C=Cn4ncnc43)CC2)cc1. The van der Waals surface area contributed by atoms with Gasteiger partial charge in [0.1, 0.15) is 17.9 Å². The first-order valence-electron chi connectivity index (χ1n) is 10.8. The average molecular weight is 404 g/mol. The zero-order valence-corrected chi connectivity index (χ0v) is 17.7. The van der Waals surface area contributed by atoms with Crippen molar-refractivity contribution in [2.24, 2.45) is 13.0 Å². The van der Waals surface area contributed by atoms with Gasteiger partial charge in [0.2, 0.25) is 0 Å². The Kier molecular flexibility index (Phi) is 5.17. The molecule has 0 aliphatic carbocycles. The highest BCUT2D eigenvalue weighted by Gasteiger charge is 2.34. The smallest absolute Gasteiger partial charge is 0.139 e. The van der Waals surface area contributed by atoms with Crippen molar-refractivity contribution >= 4 is 12.3 Å². The molecule has 0 bridgehead atoms. The molecule has 0 radical (unpaired) electrons. The lowest BCUT2D eigenvalue weighted by Gasteiger charge is -2.35. The van der Waals surface area contributed by atoms with E-state index in [-0.39, 0.29) is 0 Å². The second kappa shape index (κ2) is 8.11. The number of benzene rings is 1. The first kappa shape index (κ1) is 19.1. The van der Waals surface area contributed by atoms with E-state index in [1.54, 1.807) is 13.4 Å². The molecule has 0 spiro atoms. The predicted octanol–water partition coefficient (Wildman–Crippen LogP) is 3.65. The number of likely N-dealkylation sites (tertiary alicyclic amines) is 1. The highest BCUT2D eigenvalue weighted by atomic mass is 16.5. The highest BCUT2D eigenvalue weighted by molar-refractivity contribution is 5.64. The van der Waals surface area contributed by atoms with E-state index in [0.717, 1.165) is 37.6 Å². The third kappa shape index (κ3) is 3.56. The van der Waals surface area contributed by atoms with Crippen LogP contribution in [-0.4, -0.2) is 51.0 Å². The molecule has 6 heteroatoms. The van der Waals surface area contributed by atoms with E-state index >= 15 is 0 Å². The summed E-state index contributed by atoms with van der Waals surface area (Å²) in [5.41, 5.74) is 4.03. The number of hydrogen-bond acceptors (Lipinski definition) is 4. The van der Waals surface area contributed by atoms with Crippen LogP contribution >= 0.6 is 0 Å². The lowest BCUT2D eigenvalue weighted by molar-refractivity contribution is 0.175. The van der Waals surface area contributed by atoms with Crippen LogP contribution in [0.3, 0.4) is 0 Å². The molecule has 2 aliphatic rings. The van der Waals surface area contributed by atoms with E-state index in [1.807, 2.05) is 10.9 Å². The molecule has 4 heterocycles. The molecule has 1 fully saturated rings. The van der Waals surface area contributed by atoms with Crippen LogP contribution in [0.15, 0.2) is 42.9 Å². The number of nitrogens with zero attached hydrogens (tertiary/aromatic N) is 5. The Bertz CT molecular complexity index is 1020. The maximum atomic E-state index is 5.26. The lowest BCUT2D eigenvalue weighted by atomic mass is 9.79. The van der Waals surface area contributed by atoms with Gasteiger partial charge in [0.05, 0.1) is 7.11 Å². The van der Waals surface area contributed by atoms with Crippen molar-refractivity contribution in [3.05, 3.63) is 65.5 Å². The van der Waals surface area contributed by atoms with Crippen molar-refractivity contribution < 1.29 is 4.74 Å². The fourth-order valence-electron chi connectivity index (χ4n) is 4.97. The highest BCUT2D eigenvalue weighted by Crippen LogP contribution is 2.40. The Morgan fingerprint density at radius 2 is 1.90 bits per heavy atom. The summed E-state index contributed by atoms with van der Waals surface area (Å²) in [6.07, 6.45) is 11.5. The number of fused-ring (bicyclic) bond motifs is 2. The molecule has 156 valence electrons. The molecule has 1 saturated heterocycles. The number of hydrogen-bond donors (Lipinski definition) is 0. The summed E-state index contributed by atoms with van der Waals surface area (Å²) in [5, 5.41) is 4.43. The second-order valence-electron chi connectivity index (χ2n) is 8.40. The van der Waals surface area contributed by atoms with Gasteiger partial charge >= 0.3 is 0 Å². The molecule has 1 atom stereocenters. The molecule has 1 unspecified atom stereocenters. The third-order valence-corrected chi connectivity index (χ3v) is 6.72. The Hall–Kier alpha value is -2.86. The molecule has 3 aromatic rings. The van der Waals surface area contributed by atoms with Crippen molar-refractivity contribution in [2.75, 3.05) is 26.7 Å². The molecule has 1 aromatic carbocycles. The van der Waals surface area contributed by atoms with E-state index in [0.29, 0.717) is 11.8 Å². The van der Waals surface area contributed by atoms with Crippen LogP contribution in [0.1, 0.15) is 41.4 Å². The number of ether oxygens (including phenoxy) is 1. The molecule has 2 aliphatic heterocycles. The van der Waals surface area contributed by atoms with Gasteiger partial charge in [0.25, 0.3) is 0 Å². The van der Waals surface area contributed by atoms with Crippen LogP contribution in [-0.2, 0) is 13.5 Å². The molecular formula is C24H29N5O. The van der Waals surface area contributed by atoms with Gasteiger partial charge in [-0.3, -0.25) is 0 Å². The normalized spacial score (nSPS) is 19.3. The summed E-state index contributed by atoms with van der Waals surface area (Å²) < 4.78 is 9.42. The largest absolute Gasteiger partial charge is 0.497 e. The molecule has 0 amide bonds. The zero-order valence-electron chi connectivity index (χ0n) is 17.7. The van der Waals surface area contributed by atoms with Crippen molar-refractivity contribution in [2.45, 2.75) is 25.2 Å². The van der Waals surface area contributed by atoms with Gasteiger partial charge in [-0.15, -0.1) is 0 Å². The van der Waals surface area contributed by atoms with E-state index in [4.69, 9.17) is 4.74 Å². The van der Waals surface area contributed by atoms with Gasteiger partial charge in [-0.1, -0.05) is 12.1 Å². The van der Waals surface area contributed by atoms with Crippen molar-refractivity contribution in [3.8, 4) is 5.75 Å². The van der Waals surface area contributed by atoms with Gasteiger partial charge in [-0.05, 0) is 73.7 Å². The topological polar surface area (TPSA) is 48.1 Å². The summed E-state index contributed by atoms with van der Waals surface area (Å²) in [4.78, 5) is 7.26. The van der Waals surface area contributed by atoms with Crippen molar-refractivity contribution in [1.29, 1.82) is 0 Å². The first-order chi connectivity index (χ1) is 14.7. The zero-order chi connectivity index (χ0) is 20.5. The Morgan fingerprint density at radius 3 is 2.67 bits per heavy atom. The number of rotatable bonds is 5. The van der Waals surface area contributed by atoms with Crippen LogP contribution in [0.2, 0.25) is 0 Å². The van der Waals surface area contributed by atoms with Crippen LogP contribution in [0.4, 0.5) is 0 Å². The van der Waals surface area contributed by atoms with Crippen molar-refractivity contribution in [1.82, 2.24) is 24.2 Å². The number of methoxy groups -OCH3 is 1. The maximum Gasteiger partial charge on any atom is 0.139 e. The van der Waals surface area contributed by atoms with Gasteiger partial charge < -0.3 is 14.2 Å². The van der Waals surface area contributed by atoms with Crippen LogP contribution in [0.5, 0.6) is 5.75 Å². The third-order valence-electron chi connectivity index (χ3n) is 6.72. The van der Waals surface area contributed by atoms with Gasteiger partial charge in [0.15, 0.2) is 0 Å². The molecule has 5 rings (SSSR count). The number of piperidine rings is 1. The fraction of sp³-hybridized carbons (Fsp3) is 0.417. The average Bonchev–Trinajstić information content (AvgIpc) is 3.35. The van der Waals surface area contributed by atoms with Crippen LogP contribution < -0.4 is 4.74 Å². The first-order valence-corrected chi connectivity index (χ1v) is 10.8. The van der Waals surface area contributed by atoms with Crippen molar-refractivity contribution in [3.63, 3.8) is 0 Å². The summed E-state index contributed by atoms with van der Waals surface area (Å²) in [6.45, 7) is 3.39. The molecule has 0 N–H and O–H groups in total. The Morgan fingerprint density at radius 1 is 1.10 bits per heavy atom. The quantitative estimate of drug-likeness (QED) is 0.652. The van der Waals surface area contributed by atoms with Gasteiger partial charge in [0, 0.05) is 37.6 Å². The lowest BCUT2D eigenvalue weighted by Crippen LogP contribution is -2.37. The van der Waals surface area contributed by atoms with Crippen LogP contribution in [0.25, 0.3) is 12.3 Å². The van der Waals surface area contributed by atoms with E-state index in [1.165, 1.54) is 29.7 Å². The minimum absolute atomic E-state index is 0.308. The maximum absolute atomic E-state index is 5.26. The number of aryl methyl sites for hydroxylation is 1. The number of aromatic nitrogens is 4. The standard InChI is InChI=1S/C24H29N5O/c1-27-12-10-21-22(27)11-16-29-24(25-17-26-29)23(21)19-8-14-28(15-9-19)13-7-18-3-5-20(30-2)6-4-18/h3-6,10-12,16-17,19,23H,7-9,13-15H2,1-2H3. The summed E-state index contributed by atoms with van der Waals surface area (Å²) >= 11 is 0. The monoisotopic (exact) mass is 403 g/mol. The van der Waals surface area contributed by atoms with Gasteiger partial charge in [-0.25, -0.2) is 9.67 Å². The summed E-state index contributed by atoms with van der Waals surface area (Å²) in [5.74, 6) is 2.90.